The van der Waals surface area contributed by atoms with E-state index in [-0.39, 0.29) is 17.4 Å². The van der Waals surface area contributed by atoms with Crippen molar-refractivity contribution in [3.63, 3.8) is 0 Å². The van der Waals surface area contributed by atoms with Crippen molar-refractivity contribution in [2.45, 2.75) is 138 Å². The van der Waals surface area contributed by atoms with Gasteiger partial charge in [-0.05, 0) is 0 Å². The number of nitrogens with zero attached hydrogens (tertiary/aromatic N) is 1. The van der Waals surface area contributed by atoms with E-state index in [1.54, 1.807) is 0 Å². The van der Waals surface area contributed by atoms with Crippen LogP contribution in [0.1, 0.15) is 127 Å². The first-order valence-corrected chi connectivity index (χ1v) is 19.5. The van der Waals surface area contributed by atoms with Crippen molar-refractivity contribution in [3.8, 4) is 6.07 Å². The molecule has 0 unspecified atom stereocenters. The first-order valence-electron chi connectivity index (χ1n) is 13.8. The van der Waals surface area contributed by atoms with Gasteiger partial charge in [-0.3, -0.25) is 0 Å². The number of rotatable bonds is 6. The van der Waals surface area contributed by atoms with Gasteiger partial charge >= 0.3 is 228 Å². The summed E-state index contributed by atoms with van der Waals surface area (Å²) in [6.45, 7) is 33.2. The first-order chi connectivity index (χ1) is 16.2. The Kier molecular flexibility index (Phi) is 9.10. The van der Waals surface area contributed by atoms with E-state index in [1.165, 1.54) is 14.6 Å². The van der Waals surface area contributed by atoms with Gasteiger partial charge in [0.2, 0.25) is 0 Å². The SMILES string of the molecule is CCCC/C(B1OC(C)(C)C(C)(C)O1)=[C](\c1ccc(C#N)cc1)[Sn]([C](C)(C)C)([C](C)(C)C)[C](C)(C)C. The predicted octanol–water partition coefficient (Wildman–Crippen LogP) is 9.52. The molecule has 0 amide bonds. The van der Waals surface area contributed by atoms with Crippen molar-refractivity contribution in [1.29, 1.82) is 5.26 Å². The third kappa shape index (κ3) is 5.50. The van der Waals surface area contributed by atoms with Crippen LogP contribution in [0.2, 0.25) is 10.3 Å². The topological polar surface area (TPSA) is 42.2 Å². The molecular formula is C31H52BNO2Sn. The van der Waals surface area contributed by atoms with Gasteiger partial charge in [0.1, 0.15) is 0 Å². The summed E-state index contributed by atoms with van der Waals surface area (Å²) in [5, 5.41) is 9.54. The summed E-state index contributed by atoms with van der Waals surface area (Å²) in [5.41, 5.74) is 2.51. The molecule has 0 radical (unpaired) electrons. The third-order valence-electron chi connectivity index (χ3n) is 8.71. The van der Waals surface area contributed by atoms with Crippen LogP contribution in [0.15, 0.2) is 29.7 Å². The molecule has 1 fully saturated rings. The summed E-state index contributed by atoms with van der Waals surface area (Å²) in [6, 6.07) is 10.7. The molecule has 0 bridgehead atoms. The van der Waals surface area contributed by atoms with E-state index in [2.05, 4.69) is 115 Å². The molecular weight excluding hydrogens is 548 g/mol. The molecule has 0 aromatic heterocycles. The molecule has 36 heavy (non-hydrogen) atoms. The monoisotopic (exact) mass is 601 g/mol. The van der Waals surface area contributed by atoms with Crippen LogP contribution in [-0.4, -0.2) is 36.7 Å². The number of benzene rings is 1. The molecule has 3 nitrogen and oxygen atoms in total. The second-order valence-corrected chi connectivity index (χ2v) is 33.3. The van der Waals surface area contributed by atoms with E-state index < -0.39 is 29.6 Å². The second-order valence-electron chi connectivity index (χ2n) is 14.8. The van der Waals surface area contributed by atoms with Gasteiger partial charge in [0.05, 0.1) is 0 Å². The molecule has 5 heteroatoms. The number of hydrogen-bond acceptors (Lipinski definition) is 3. The molecule has 0 atom stereocenters. The van der Waals surface area contributed by atoms with E-state index in [9.17, 15) is 5.26 Å². The Labute approximate surface area is 227 Å². The Balaban J connectivity index is 3.15. The van der Waals surface area contributed by atoms with Crippen LogP contribution in [0.4, 0.5) is 0 Å². The second kappa shape index (κ2) is 10.4. The van der Waals surface area contributed by atoms with Crippen molar-refractivity contribution in [3.05, 3.63) is 40.9 Å². The summed E-state index contributed by atoms with van der Waals surface area (Å²) in [4.78, 5) is 0. The fourth-order valence-electron chi connectivity index (χ4n) is 7.57. The molecule has 0 aliphatic carbocycles. The average molecular weight is 600 g/mol. The standard InChI is InChI=1S/C19H25BNO2.3C4H9.Sn/c1-6-7-8-17(13-15-9-11-16(14-21)12-10-15)20-22-18(2,3)19(4,5)23-20;3*1-4(2)3;/h9-12H,6-8H2,1-5H3;3*1-3H3;. The summed E-state index contributed by atoms with van der Waals surface area (Å²) in [5.74, 6) is 0. The van der Waals surface area contributed by atoms with E-state index in [4.69, 9.17) is 9.31 Å². The molecule has 1 aliphatic heterocycles. The molecule has 1 saturated heterocycles. The molecule has 1 aromatic rings. The summed E-state index contributed by atoms with van der Waals surface area (Å²) in [7, 11) is -0.365. The van der Waals surface area contributed by atoms with Gasteiger partial charge in [-0.15, -0.1) is 0 Å². The fourth-order valence-corrected chi connectivity index (χ4v) is 37.0. The zero-order valence-electron chi connectivity index (χ0n) is 25.8. The number of hydrogen-bond donors (Lipinski definition) is 0. The van der Waals surface area contributed by atoms with Crippen LogP contribution in [0.3, 0.4) is 0 Å². The van der Waals surface area contributed by atoms with Crippen molar-refractivity contribution < 1.29 is 9.31 Å². The number of unbranched alkanes of at least 4 members (excludes halogenated alkanes) is 1. The first kappa shape index (κ1) is 31.5. The molecule has 1 aromatic carbocycles. The minimum absolute atomic E-state index is 0.121. The minimum atomic E-state index is -3.55. The van der Waals surface area contributed by atoms with Crippen LogP contribution in [0.5, 0.6) is 0 Å². The van der Waals surface area contributed by atoms with Gasteiger partial charge in [0.25, 0.3) is 0 Å². The summed E-state index contributed by atoms with van der Waals surface area (Å²) < 4.78 is 15.5. The van der Waals surface area contributed by atoms with Crippen molar-refractivity contribution in [2.75, 3.05) is 0 Å². The van der Waals surface area contributed by atoms with Crippen molar-refractivity contribution in [2.24, 2.45) is 0 Å². The van der Waals surface area contributed by atoms with Gasteiger partial charge in [0, 0.05) is 0 Å². The zero-order valence-corrected chi connectivity index (χ0v) is 28.6. The normalized spacial score (nSPS) is 19.2. The molecule has 200 valence electrons. The quantitative estimate of drug-likeness (QED) is 0.306. The van der Waals surface area contributed by atoms with E-state index >= 15 is 0 Å². The molecule has 1 aliphatic rings. The van der Waals surface area contributed by atoms with Crippen molar-refractivity contribution in [1.82, 2.24) is 0 Å². The van der Waals surface area contributed by atoms with Gasteiger partial charge in [-0.2, -0.15) is 0 Å². The Morgan fingerprint density at radius 3 is 1.58 bits per heavy atom. The number of nitriles is 1. The van der Waals surface area contributed by atoms with Crippen LogP contribution in [0, 0.1) is 11.3 Å². The molecule has 1 heterocycles. The summed E-state index contributed by atoms with van der Waals surface area (Å²) in [6.07, 6.45) is 3.18. The Bertz CT molecular complexity index is 943. The van der Waals surface area contributed by atoms with Gasteiger partial charge in [0.15, 0.2) is 0 Å². The van der Waals surface area contributed by atoms with Gasteiger partial charge in [-0.25, -0.2) is 0 Å². The number of allylic oxidation sites excluding steroid dienone is 1. The predicted molar refractivity (Wildman–Crippen MR) is 159 cm³/mol. The van der Waals surface area contributed by atoms with E-state index in [0.717, 1.165) is 19.3 Å². The maximum absolute atomic E-state index is 9.54. The van der Waals surface area contributed by atoms with Gasteiger partial charge in [-0.1, -0.05) is 0 Å². The van der Waals surface area contributed by atoms with Crippen molar-refractivity contribution >= 4 is 29.1 Å². The fraction of sp³-hybridized carbons (Fsp3) is 0.710. The molecule has 0 saturated carbocycles. The van der Waals surface area contributed by atoms with Crippen LogP contribution in [-0.2, 0) is 9.31 Å². The van der Waals surface area contributed by atoms with Crippen LogP contribution < -0.4 is 0 Å². The molecule has 2 rings (SSSR count). The summed E-state index contributed by atoms with van der Waals surface area (Å²) >= 11 is -3.55. The van der Waals surface area contributed by atoms with Gasteiger partial charge < -0.3 is 0 Å². The maximum atomic E-state index is 9.54. The Morgan fingerprint density at radius 1 is 0.833 bits per heavy atom. The molecule has 0 spiro atoms. The van der Waals surface area contributed by atoms with Crippen LogP contribution in [0.25, 0.3) is 3.59 Å². The third-order valence-corrected chi connectivity index (χ3v) is 31.9. The molecule has 0 N–H and O–H groups in total. The van der Waals surface area contributed by atoms with E-state index in [1.807, 2.05) is 12.1 Å². The Hall–Kier alpha value is -0.766. The van der Waals surface area contributed by atoms with Crippen LogP contribution >= 0.6 is 0 Å². The van der Waals surface area contributed by atoms with E-state index in [0.29, 0.717) is 5.56 Å². The zero-order chi connectivity index (χ0) is 28.0. The average Bonchev–Trinajstić information content (AvgIpc) is 2.91. The Morgan fingerprint density at radius 2 is 1.25 bits per heavy atom.